The number of carbonyl (C=O) groups excluding carboxylic acids is 1. The Morgan fingerprint density at radius 3 is 2.67 bits per heavy atom. The molecule has 0 radical (unpaired) electrons. The zero-order valence-corrected chi connectivity index (χ0v) is 10.8. The lowest BCUT2D eigenvalue weighted by molar-refractivity contribution is -0.132. The number of aliphatic hydroxyl groups is 1. The van der Waals surface area contributed by atoms with Crippen LogP contribution in [0.15, 0.2) is 0 Å². The summed E-state index contributed by atoms with van der Waals surface area (Å²) in [4.78, 5) is 11.7. The molecule has 0 aromatic heterocycles. The number of hydrogen-bond acceptors (Lipinski definition) is 2. The van der Waals surface area contributed by atoms with Crippen molar-refractivity contribution in [1.29, 1.82) is 0 Å². The van der Waals surface area contributed by atoms with Crippen molar-refractivity contribution in [2.24, 2.45) is 5.92 Å². The van der Waals surface area contributed by atoms with Crippen LogP contribution in [0.25, 0.3) is 0 Å². The summed E-state index contributed by atoms with van der Waals surface area (Å²) in [5.74, 6) is -3.41. The van der Waals surface area contributed by atoms with Crippen molar-refractivity contribution >= 4 is 5.91 Å². The molecule has 0 heterocycles. The molecular formula is C13H23F2NO2. The minimum Gasteiger partial charge on any atom is -0.396 e. The van der Waals surface area contributed by atoms with E-state index in [-0.39, 0.29) is 25.4 Å². The first-order chi connectivity index (χ1) is 8.55. The number of aliphatic hydroxyl groups excluding tert-OH is 1. The van der Waals surface area contributed by atoms with Crippen LogP contribution in [0.3, 0.4) is 0 Å². The van der Waals surface area contributed by atoms with Crippen LogP contribution in [0.5, 0.6) is 0 Å². The molecule has 1 aliphatic carbocycles. The Balaban J connectivity index is 2.12. The molecule has 1 saturated carbocycles. The van der Waals surface area contributed by atoms with Crippen molar-refractivity contribution in [2.75, 3.05) is 13.2 Å². The van der Waals surface area contributed by atoms with Gasteiger partial charge in [-0.25, -0.2) is 8.78 Å². The largest absolute Gasteiger partial charge is 0.396 e. The zero-order chi connectivity index (χ0) is 13.4. The number of amides is 1. The van der Waals surface area contributed by atoms with Crippen molar-refractivity contribution < 1.29 is 18.7 Å². The quantitative estimate of drug-likeness (QED) is 0.693. The van der Waals surface area contributed by atoms with E-state index < -0.39 is 11.8 Å². The average molecular weight is 263 g/mol. The lowest BCUT2D eigenvalue weighted by Crippen LogP contribution is -2.37. The molecule has 2 N–H and O–H groups in total. The summed E-state index contributed by atoms with van der Waals surface area (Å²) in [6.45, 7) is 0.746. The minimum atomic E-state index is -2.67. The van der Waals surface area contributed by atoms with E-state index >= 15 is 0 Å². The van der Waals surface area contributed by atoms with Gasteiger partial charge in [0.15, 0.2) is 0 Å². The van der Waals surface area contributed by atoms with Crippen LogP contribution in [-0.4, -0.2) is 30.1 Å². The van der Waals surface area contributed by atoms with Crippen molar-refractivity contribution in [3.63, 3.8) is 0 Å². The normalized spacial score (nSPS) is 22.7. The molecule has 5 heteroatoms. The molecule has 0 aliphatic heterocycles. The number of carbonyl (C=O) groups is 1. The molecule has 1 rings (SSSR count). The maximum atomic E-state index is 13.1. The molecule has 1 atom stereocenters. The topological polar surface area (TPSA) is 49.3 Å². The van der Waals surface area contributed by atoms with Crippen molar-refractivity contribution in [2.45, 2.75) is 57.3 Å². The van der Waals surface area contributed by atoms with Gasteiger partial charge in [-0.3, -0.25) is 4.79 Å². The summed E-state index contributed by atoms with van der Waals surface area (Å²) in [6.07, 6.45) is 4.13. The maximum Gasteiger partial charge on any atom is 0.248 e. The molecule has 1 amide bonds. The van der Waals surface area contributed by atoms with Gasteiger partial charge >= 0.3 is 0 Å². The van der Waals surface area contributed by atoms with E-state index in [4.69, 9.17) is 5.11 Å². The van der Waals surface area contributed by atoms with Crippen molar-refractivity contribution in [3.05, 3.63) is 0 Å². The van der Waals surface area contributed by atoms with E-state index in [9.17, 15) is 13.6 Å². The summed E-state index contributed by atoms with van der Waals surface area (Å²) in [5, 5.41) is 11.3. The van der Waals surface area contributed by atoms with Crippen LogP contribution in [0, 0.1) is 5.92 Å². The molecular weight excluding hydrogens is 240 g/mol. The van der Waals surface area contributed by atoms with Gasteiger partial charge in [-0.15, -0.1) is 0 Å². The van der Waals surface area contributed by atoms with Gasteiger partial charge in [0.05, 0.1) is 0 Å². The SMILES string of the molecule is O=C(NCCCCCCO)C1CCCC(F)(F)C1. The average Bonchev–Trinajstić information content (AvgIpc) is 2.32. The first-order valence-electron chi connectivity index (χ1n) is 6.81. The van der Waals surface area contributed by atoms with Gasteiger partial charge in [0.1, 0.15) is 0 Å². The Morgan fingerprint density at radius 2 is 2.00 bits per heavy atom. The summed E-state index contributed by atoms with van der Waals surface area (Å²) in [6, 6.07) is 0. The highest BCUT2D eigenvalue weighted by atomic mass is 19.3. The van der Waals surface area contributed by atoms with Crippen LogP contribution in [-0.2, 0) is 4.79 Å². The fraction of sp³-hybridized carbons (Fsp3) is 0.923. The maximum absolute atomic E-state index is 13.1. The Bertz CT molecular complexity index is 259. The first kappa shape index (κ1) is 15.3. The molecule has 0 spiro atoms. The van der Waals surface area contributed by atoms with E-state index in [1.54, 1.807) is 0 Å². The van der Waals surface area contributed by atoms with Crippen molar-refractivity contribution in [3.8, 4) is 0 Å². The molecule has 1 unspecified atom stereocenters. The van der Waals surface area contributed by atoms with Gasteiger partial charge in [0.2, 0.25) is 11.8 Å². The Kier molecular flexibility index (Phi) is 6.54. The summed E-state index contributed by atoms with van der Waals surface area (Å²) < 4.78 is 26.3. The molecule has 18 heavy (non-hydrogen) atoms. The molecule has 0 saturated heterocycles. The van der Waals surface area contributed by atoms with Gasteiger partial charge in [0, 0.05) is 31.9 Å². The van der Waals surface area contributed by atoms with E-state index in [0.717, 1.165) is 25.7 Å². The molecule has 0 aromatic carbocycles. The highest BCUT2D eigenvalue weighted by Gasteiger charge is 2.38. The fourth-order valence-electron chi connectivity index (χ4n) is 2.34. The lowest BCUT2D eigenvalue weighted by atomic mass is 9.86. The van der Waals surface area contributed by atoms with Crippen LogP contribution in [0.2, 0.25) is 0 Å². The number of unbranched alkanes of at least 4 members (excludes halogenated alkanes) is 3. The number of halogens is 2. The van der Waals surface area contributed by atoms with Gasteiger partial charge in [0.25, 0.3) is 0 Å². The van der Waals surface area contributed by atoms with Gasteiger partial charge in [-0.1, -0.05) is 12.8 Å². The smallest absolute Gasteiger partial charge is 0.248 e. The van der Waals surface area contributed by atoms with Crippen LogP contribution in [0.1, 0.15) is 51.4 Å². The molecule has 1 fully saturated rings. The fourth-order valence-corrected chi connectivity index (χ4v) is 2.34. The second-order valence-corrected chi connectivity index (χ2v) is 5.08. The highest BCUT2D eigenvalue weighted by molar-refractivity contribution is 5.78. The number of nitrogens with one attached hydrogen (secondary N) is 1. The molecule has 1 aliphatic rings. The van der Waals surface area contributed by atoms with Gasteiger partial charge < -0.3 is 10.4 Å². The summed E-state index contributed by atoms with van der Waals surface area (Å²) in [5.41, 5.74) is 0. The Morgan fingerprint density at radius 1 is 1.28 bits per heavy atom. The molecule has 106 valence electrons. The van der Waals surface area contributed by atoms with Gasteiger partial charge in [-0.05, 0) is 25.7 Å². The predicted octanol–water partition coefficient (Wildman–Crippen LogP) is 2.48. The minimum absolute atomic E-state index is 0.0854. The second-order valence-electron chi connectivity index (χ2n) is 5.08. The second kappa shape index (κ2) is 7.67. The Labute approximate surface area is 107 Å². The van der Waals surface area contributed by atoms with E-state index in [1.165, 1.54) is 0 Å². The number of alkyl halides is 2. The molecule has 0 bridgehead atoms. The standard InChI is InChI=1S/C13H23F2NO2/c14-13(15)7-5-6-11(10-13)12(18)16-8-3-1-2-4-9-17/h11,17H,1-10H2,(H,16,18). The van der Waals surface area contributed by atoms with Crippen LogP contribution < -0.4 is 5.32 Å². The number of rotatable bonds is 7. The van der Waals surface area contributed by atoms with Crippen LogP contribution >= 0.6 is 0 Å². The molecule has 0 aromatic rings. The summed E-state index contributed by atoms with van der Waals surface area (Å²) in [7, 11) is 0. The third-order valence-corrected chi connectivity index (χ3v) is 3.40. The van der Waals surface area contributed by atoms with E-state index in [0.29, 0.717) is 19.4 Å². The third-order valence-electron chi connectivity index (χ3n) is 3.40. The predicted molar refractivity (Wildman–Crippen MR) is 65.5 cm³/mol. The van der Waals surface area contributed by atoms with Crippen LogP contribution in [0.4, 0.5) is 8.78 Å². The third kappa shape index (κ3) is 5.76. The monoisotopic (exact) mass is 263 g/mol. The van der Waals surface area contributed by atoms with Crippen molar-refractivity contribution in [1.82, 2.24) is 5.32 Å². The highest BCUT2D eigenvalue weighted by Crippen LogP contribution is 2.36. The van der Waals surface area contributed by atoms with E-state index in [2.05, 4.69) is 5.32 Å². The Hall–Kier alpha value is -0.710. The number of hydrogen-bond donors (Lipinski definition) is 2. The lowest BCUT2D eigenvalue weighted by Gasteiger charge is -2.27. The van der Waals surface area contributed by atoms with E-state index in [1.807, 2.05) is 0 Å². The molecule has 3 nitrogen and oxygen atoms in total. The zero-order valence-electron chi connectivity index (χ0n) is 10.8. The van der Waals surface area contributed by atoms with Gasteiger partial charge in [-0.2, -0.15) is 0 Å². The first-order valence-corrected chi connectivity index (χ1v) is 6.81. The summed E-state index contributed by atoms with van der Waals surface area (Å²) >= 11 is 0.